The summed E-state index contributed by atoms with van der Waals surface area (Å²) in [4.78, 5) is 17.8. The van der Waals surface area contributed by atoms with Gasteiger partial charge in [0, 0.05) is 50.8 Å². The molecule has 1 N–H and O–H groups in total. The average molecular weight is 443 g/mol. The highest BCUT2D eigenvalue weighted by atomic mass is 32.1. The van der Waals surface area contributed by atoms with Crippen molar-refractivity contribution in [3.63, 3.8) is 0 Å². The number of alkyl halides is 1. The number of amides is 1. The van der Waals surface area contributed by atoms with Gasteiger partial charge in [0.15, 0.2) is 11.6 Å². The third-order valence-corrected chi connectivity index (χ3v) is 6.21. The Morgan fingerprint density at radius 2 is 1.83 bits per heavy atom. The van der Waals surface area contributed by atoms with Gasteiger partial charge >= 0.3 is 6.09 Å². The van der Waals surface area contributed by atoms with Crippen LogP contribution >= 0.6 is 12.2 Å². The molecule has 1 atom stereocenters. The molecule has 3 aliphatic rings. The Morgan fingerprint density at radius 3 is 2.43 bits per heavy atom. The monoisotopic (exact) mass is 442 g/mol. The zero-order valence-electron chi connectivity index (χ0n) is 16.6. The first-order chi connectivity index (χ1) is 14.5. The van der Waals surface area contributed by atoms with E-state index in [1.165, 1.54) is 4.90 Å². The van der Waals surface area contributed by atoms with Gasteiger partial charge in [-0.2, -0.15) is 0 Å². The standard InChI is InChI=1S/C20H25F3N4O2S/c21-3-4-25-5-7-26(8-6-25)18-16(22)9-14(10-17(18)23)27-12-15(29-20(27)28)11-24-19(30)13-1-2-13/h9-10,13,15H,1-8,11-12H2,(H,24,30). The Morgan fingerprint density at radius 1 is 1.17 bits per heavy atom. The minimum Gasteiger partial charge on any atom is -0.442 e. The van der Waals surface area contributed by atoms with Crippen molar-refractivity contribution in [2.24, 2.45) is 5.92 Å². The largest absolute Gasteiger partial charge is 0.442 e. The van der Waals surface area contributed by atoms with E-state index in [0.29, 0.717) is 45.2 Å². The smallest absolute Gasteiger partial charge is 0.414 e. The quantitative estimate of drug-likeness (QED) is 0.656. The van der Waals surface area contributed by atoms with Crippen LogP contribution in [0.15, 0.2) is 12.1 Å². The molecule has 3 fully saturated rings. The molecular weight excluding hydrogens is 417 g/mol. The summed E-state index contributed by atoms with van der Waals surface area (Å²) in [6.45, 7) is 2.37. The minimum absolute atomic E-state index is 0.112. The molecule has 2 saturated heterocycles. The molecule has 1 aliphatic carbocycles. The van der Waals surface area contributed by atoms with Gasteiger partial charge in [0.05, 0.1) is 23.8 Å². The molecule has 0 bridgehead atoms. The number of nitrogens with one attached hydrogen (secondary N) is 1. The number of carbonyl (C=O) groups excluding carboxylic acids is 1. The van der Waals surface area contributed by atoms with Gasteiger partial charge in [0.1, 0.15) is 18.5 Å². The van der Waals surface area contributed by atoms with Gasteiger partial charge in [-0.15, -0.1) is 0 Å². The van der Waals surface area contributed by atoms with Gasteiger partial charge in [-0.25, -0.2) is 18.0 Å². The number of cyclic esters (lactones) is 1. The van der Waals surface area contributed by atoms with Crippen molar-refractivity contribution in [3.05, 3.63) is 23.8 Å². The van der Waals surface area contributed by atoms with Crippen molar-refractivity contribution in [1.82, 2.24) is 10.2 Å². The van der Waals surface area contributed by atoms with Gasteiger partial charge in [-0.1, -0.05) is 12.2 Å². The molecule has 2 aliphatic heterocycles. The Kier molecular flexibility index (Phi) is 6.33. The number of piperazine rings is 1. The number of benzene rings is 1. The maximum absolute atomic E-state index is 14.8. The van der Waals surface area contributed by atoms with Crippen LogP contribution in [0.3, 0.4) is 0 Å². The number of hydrogen-bond donors (Lipinski definition) is 1. The lowest BCUT2D eigenvalue weighted by Crippen LogP contribution is -2.47. The molecule has 164 valence electrons. The van der Waals surface area contributed by atoms with Crippen molar-refractivity contribution >= 4 is 34.7 Å². The number of hydrogen-bond acceptors (Lipinski definition) is 5. The van der Waals surface area contributed by atoms with Crippen LogP contribution in [0.2, 0.25) is 0 Å². The molecule has 1 aromatic rings. The number of ether oxygens (including phenoxy) is 1. The molecule has 6 nitrogen and oxygen atoms in total. The number of rotatable bonds is 7. The number of carbonyl (C=O) groups is 1. The van der Waals surface area contributed by atoms with Crippen LogP contribution in [-0.4, -0.2) is 74.6 Å². The van der Waals surface area contributed by atoms with E-state index in [9.17, 15) is 18.0 Å². The molecule has 1 amide bonds. The third kappa shape index (κ3) is 4.64. The molecule has 1 saturated carbocycles. The summed E-state index contributed by atoms with van der Waals surface area (Å²) in [5.74, 6) is -1.04. The van der Waals surface area contributed by atoms with E-state index in [0.717, 1.165) is 30.0 Å². The number of nitrogens with zero attached hydrogens (tertiary/aromatic N) is 3. The Hall–Kier alpha value is -2.07. The van der Waals surface area contributed by atoms with E-state index in [-0.39, 0.29) is 17.9 Å². The molecule has 10 heteroatoms. The van der Waals surface area contributed by atoms with E-state index in [2.05, 4.69) is 5.32 Å². The molecular formula is C20H25F3N4O2S. The molecule has 1 unspecified atom stereocenters. The topological polar surface area (TPSA) is 48.1 Å². The highest BCUT2D eigenvalue weighted by molar-refractivity contribution is 7.80. The number of halogens is 3. The van der Waals surface area contributed by atoms with Gasteiger partial charge in [-0.05, 0) is 12.8 Å². The predicted octanol–water partition coefficient (Wildman–Crippen LogP) is 2.71. The first-order valence-electron chi connectivity index (χ1n) is 10.2. The van der Waals surface area contributed by atoms with Crippen LogP contribution in [0.25, 0.3) is 0 Å². The van der Waals surface area contributed by atoms with Crippen molar-refractivity contribution in [2.75, 3.05) is 62.3 Å². The Bertz CT molecular complexity index is 792. The predicted molar refractivity (Wildman–Crippen MR) is 112 cm³/mol. The van der Waals surface area contributed by atoms with Crippen molar-refractivity contribution in [1.29, 1.82) is 0 Å². The van der Waals surface area contributed by atoms with E-state index in [1.807, 2.05) is 4.90 Å². The maximum Gasteiger partial charge on any atom is 0.414 e. The fourth-order valence-electron chi connectivity index (χ4n) is 3.87. The Labute approximate surface area is 178 Å². The van der Waals surface area contributed by atoms with E-state index in [1.54, 1.807) is 4.90 Å². The molecule has 1 aromatic carbocycles. The number of anilines is 2. The lowest BCUT2D eigenvalue weighted by Gasteiger charge is -2.36. The zero-order chi connectivity index (χ0) is 21.3. The second-order valence-electron chi connectivity index (χ2n) is 7.91. The fourth-order valence-corrected chi connectivity index (χ4v) is 4.19. The summed E-state index contributed by atoms with van der Waals surface area (Å²) in [6.07, 6.45) is 1.09. The summed E-state index contributed by atoms with van der Waals surface area (Å²) in [5.41, 5.74) is 0.0151. The van der Waals surface area contributed by atoms with Crippen molar-refractivity contribution < 1.29 is 22.7 Å². The highest BCUT2D eigenvalue weighted by Crippen LogP contribution is 2.32. The second-order valence-corrected chi connectivity index (χ2v) is 8.35. The summed E-state index contributed by atoms with van der Waals surface area (Å²) in [6, 6.07) is 2.33. The lowest BCUT2D eigenvalue weighted by atomic mass is 10.2. The van der Waals surface area contributed by atoms with E-state index < -0.39 is 30.5 Å². The van der Waals surface area contributed by atoms with Crippen LogP contribution in [0.1, 0.15) is 12.8 Å². The molecule has 0 radical (unpaired) electrons. The molecule has 2 heterocycles. The van der Waals surface area contributed by atoms with Crippen molar-refractivity contribution in [3.8, 4) is 0 Å². The first-order valence-corrected chi connectivity index (χ1v) is 10.6. The third-order valence-electron chi connectivity index (χ3n) is 5.73. The summed E-state index contributed by atoms with van der Waals surface area (Å²) >= 11 is 5.27. The van der Waals surface area contributed by atoms with E-state index >= 15 is 0 Å². The lowest BCUT2D eigenvalue weighted by molar-refractivity contribution is 0.143. The second kappa shape index (κ2) is 8.97. The average Bonchev–Trinajstić information content (AvgIpc) is 3.50. The van der Waals surface area contributed by atoms with Crippen LogP contribution in [0.5, 0.6) is 0 Å². The normalized spacial score (nSPS) is 22.4. The molecule has 30 heavy (non-hydrogen) atoms. The van der Waals surface area contributed by atoms with E-state index in [4.69, 9.17) is 17.0 Å². The summed E-state index contributed by atoms with van der Waals surface area (Å²) in [7, 11) is 0. The SMILES string of the molecule is O=C1OC(CNC(=S)C2CC2)CN1c1cc(F)c(N2CCN(CCF)CC2)c(F)c1. The van der Waals surface area contributed by atoms with Gasteiger partial charge in [-0.3, -0.25) is 9.80 Å². The van der Waals surface area contributed by atoms with Crippen LogP contribution in [0.4, 0.5) is 29.3 Å². The fraction of sp³-hybridized carbons (Fsp3) is 0.600. The molecule has 0 aromatic heterocycles. The van der Waals surface area contributed by atoms with Crippen molar-refractivity contribution in [2.45, 2.75) is 18.9 Å². The zero-order valence-corrected chi connectivity index (χ0v) is 17.4. The number of thiocarbonyl (C=S) groups is 1. The van der Waals surface area contributed by atoms with Gasteiger partial charge in [0.2, 0.25) is 0 Å². The van der Waals surface area contributed by atoms with Crippen LogP contribution in [-0.2, 0) is 4.74 Å². The minimum atomic E-state index is -0.728. The van der Waals surface area contributed by atoms with Crippen LogP contribution in [0, 0.1) is 17.6 Å². The van der Waals surface area contributed by atoms with Gasteiger partial charge < -0.3 is 15.0 Å². The summed E-state index contributed by atoms with van der Waals surface area (Å²) in [5, 5.41) is 3.11. The van der Waals surface area contributed by atoms with Gasteiger partial charge in [0.25, 0.3) is 0 Å². The summed E-state index contributed by atoms with van der Waals surface area (Å²) < 4.78 is 47.4. The maximum atomic E-state index is 14.8. The molecule has 0 spiro atoms. The highest BCUT2D eigenvalue weighted by Gasteiger charge is 2.35. The molecule has 4 rings (SSSR count). The van der Waals surface area contributed by atoms with Crippen LogP contribution < -0.4 is 15.1 Å². The first kappa shape index (κ1) is 21.2. The Balaban J connectivity index is 1.40.